The highest BCUT2D eigenvalue weighted by Crippen LogP contribution is 2.15. The van der Waals surface area contributed by atoms with E-state index in [1.165, 1.54) is 16.7 Å². The van der Waals surface area contributed by atoms with Crippen LogP contribution in [0.2, 0.25) is 0 Å². The molecule has 0 heterocycles. The second kappa shape index (κ2) is 6.61. The van der Waals surface area contributed by atoms with Crippen LogP contribution in [0.1, 0.15) is 23.1 Å². The third-order valence-electron chi connectivity index (χ3n) is 3.17. The van der Waals surface area contributed by atoms with Crippen LogP contribution >= 0.6 is 11.6 Å². The normalized spacial score (nSPS) is 12.3. The van der Waals surface area contributed by atoms with Crippen LogP contribution in [-0.4, -0.2) is 5.38 Å². The molecule has 0 aromatic heterocycles. The highest BCUT2D eigenvalue weighted by atomic mass is 35.5. The summed E-state index contributed by atoms with van der Waals surface area (Å²) in [6.07, 6.45) is 3.04. The van der Waals surface area contributed by atoms with Crippen molar-refractivity contribution in [2.24, 2.45) is 0 Å². The molecule has 0 saturated heterocycles. The highest BCUT2D eigenvalue weighted by Gasteiger charge is 2.06. The maximum absolute atomic E-state index is 6.40. The maximum atomic E-state index is 6.40. The second-order valence-electron chi connectivity index (χ2n) is 4.81. The summed E-state index contributed by atoms with van der Waals surface area (Å²) in [4.78, 5) is 0. The number of hydrogen-bond donors (Lipinski definition) is 0. The number of benzene rings is 2. The molecule has 1 unspecified atom stereocenters. The van der Waals surface area contributed by atoms with Crippen LogP contribution in [0.15, 0.2) is 54.6 Å². The van der Waals surface area contributed by atoms with Crippen molar-refractivity contribution in [3.63, 3.8) is 0 Å². The fourth-order valence-electron chi connectivity index (χ4n) is 2.05. The number of halogens is 1. The van der Waals surface area contributed by atoms with E-state index >= 15 is 0 Å². The van der Waals surface area contributed by atoms with E-state index in [0.29, 0.717) is 0 Å². The van der Waals surface area contributed by atoms with Crippen LogP contribution in [0, 0.1) is 6.92 Å². The molecule has 0 bridgehead atoms. The van der Waals surface area contributed by atoms with Crippen LogP contribution in [0.4, 0.5) is 0 Å². The lowest BCUT2D eigenvalue weighted by molar-refractivity contribution is 0.743. The zero-order valence-corrected chi connectivity index (χ0v) is 11.5. The molecule has 0 saturated carbocycles. The SMILES string of the molecule is Cc1ccc(CCC(Cl)Cc2ccccc2)cc1. The fourth-order valence-corrected chi connectivity index (χ4v) is 2.34. The molecule has 0 spiro atoms. The average molecular weight is 259 g/mol. The van der Waals surface area contributed by atoms with Gasteiger partial charge in [0.25, 0.3) is 0 Å². The molecule has 0 N–H and O–H groups in total. The Hall–Kier alpha value is -1.27. The van der Waals surface area contributed by atoms with Gasteiger partial charge in [-0.25, -0.2) is 0 Å². The molecule has 0 nitrogen and oxygen atoms in total. The molecule has 1 atom stereocenters. The summed E-state index contributed by atoms with van der Waals surface area (Å²) in [6, 6.07) is 19.2. The van der Waals surface area contributed by atoms with E-state index in [0.717, 1.165) is 19.3 Å². The van der Waals surface area contributed by atoms with E-state index in [2.05, 4.69) is 55.5 Å². The van der Waals surface area contributed by atoms with Crippen LogP contribution in [0.3, 0.4) is 0 Å². The summed E-state index contributed by atoms with van der Waals surface area (Å²) in [7, 11) is 0. The van der Waals surface area contributed by atoms with Crippen LogP contribution < -0.4 is 0 Å². The lowest BCUT2D eigenvalue weighted by Crippen LogP contribution is -2.05. The van der Waals surface area contributed by atoms with Gasteiger partial charge >= 0.3 is 0 Å². The molecule has 2 aromatic carbocycles. The summed E-state index contributed by atoms with van der Waals surface area (Å²) in [6.45, 7) is 2.11. The molecule has 18 heavy (non-hydrogen) atoms. The third-order valence-corrected chi connectivity index (χ3v) is 3.54. The summed E-state index contributed by atoms with van der Waals surface area (Å²) in [5.41, 5.74) is 4.01. The van der Waals surface area contributed by atoms with Crippen molar-refractivity contribution in [3.8, 4) is 0 Å². The van der Waals surface area contributed by atoms with E-state index in [9.17, 15) is 0 Å². The summed E-state index contributed by atoms with van der Waals surface area (Å²) >= 11 is 6.40. The smallest absolute Gasteiger partial charge is 0.0379 e. The topological polar surface area (TPSA) is 0 Å². The largest absolute Gasteiger partial charge is 0.123 e. The Morgan fingerprint density at radius 3 is 2.22 bits per heavy atom. The summed E-state index contributed by atoms with van der Waals surface area (Å²) in [5.74, 6) is 0. The van der Waals surface area contributed by atoms with Crippen LogP contribution in [0.5, 0.6) is 0 Å². The van der Waals surface area contributed by atoms with Crippen molar-refractivity contribution < 1.29 is 0 Å². The molecular weight excluding hydrogens is 240 g/mol. The predicted octanol–water partition coefficient (Wildman–Crippen LogP) is 4.78. The van der Waals surface area contributed by atoms with Gasteiger partial charge in [0, 0.05) is 5.38 Å². The lowest BCUT2D eigenvalue weighted by Gasteiger charge is -2.09. The van der Waals surface area contributed by atoms with Crippen molar-refractivity contribution in [3.05, 3.63) is 71.3 Å². The average Bonchev–Trinajstić information content (AvgIpc) is 2.39. The minimum absolute atomic E-state index is 0.216. The molecule has 0 aliphatic rings. The first-order valence-electron chi connectivity index (χ1n) is 6.47. The van der Waals surface area contributed by atoms with Crippen molar-refractivity contribution in [1.82, 2.24) is 0 Å². The quantitative estimate of drug-likeness (QED) is 0.677. The van der Waals surface area contributed by atoms with Gasteiger partial charge in [-0.2, -0.15) is 0 Å². The molecule has 0 aliphatic carbocycles. The number of hydrogen-bond acceptors (Lipinski definition) is 0. The first kappa shape index (κ1) is 13.2. The van der Waals surface area contributed by atoms with Gasteiger partial charge in [0.05, 0.1) is 0 Å². The van der Waals surface area contributed by atoms with Crippen molar-refractivity contribution in [2.75, 3.05) is 0 Å². The minimum atomic E-state index is 0.216. The zero-order chi connectivity index (χ0) is 12.8. The highest BCUT2D eigenvalue weighted by molar-refractivity contribution is 6.20. The van der Waals surface area contributed by atoms with Gasteiger partial charge in [-0.1, -0.05) is 60.2 Å². The molecule has 0 aliphatic heterocycles. The number of aryl methyl sites for hydroxylation is 2. The van der Waals surface area contributed by atoms with Crippen LogP contribution in [-0.2, 0) is 12.8 Å². The Morgan fingerprint density at radius 1 is 0.889 bits per heavy atom. The third kappa shape index (κ3) is 4.19. The Bertz CT molecular complexity index is 459. The monoisotopic (exact) mass is 258 g/mol. The van der Waals surface area contributed by atoms with E-state index in [4.69, 9.17) is 11.6 Å². The van der Waals surface area contributed by atoms with E-state index in [1.54, 1.807) is 0 Å². The predicted molar refractivity (Wildman–Crippen MR) is 79.3 cm³/mol. The van der Waals surface area contributed by atoms with E-state index in [1.807, 2.05) is 6.07 Å². The van der Waals surface area contributed by atoms with Gasteiger partial charge in [-0.3, -0.25) is 0 Å². The molecule has 1 heteroatoms. The van der Waals surface area contributed by atoms with Crippen molar-refractivity contribution >= 4 is 11.6 Å². The molecule has 94 valence electrons. The molecule has 0 radical (unpaired) electrons. The number of rotatable bonds is 5. The van der Waals surface area contributed by atoms with E-state index in [-0.39, 0.29) is 5.38 Å². The molecule has 2 aromatic rings. The standard InChI is InChI=1S/C17H19Cl/c1-14-7-9-15(10-8-14)11-12-17(18)13-16-5-3-2-4-6-16/h2-10,17H,11-13H2,1H3. The van der Waals surface area contributed by atoms with Gasteiger partial charge in [-0.15, -0.1) is 11.6 Å². The van der Waals surface area contributed by atoms with Crippen molar-refractivity contribution in [2.45, 2.75) is 31.6 Å². The molecule has 0 amide bonds. The Morgan fingerprint density at radius 2 is 1.56 bits per heavy atom. The first-order valence-corrected chi connectivity index (χ1v) is 6.91. The Balaban J connectivity index is 1.81. The van der Waals surface area contributed by atoms with E-state index < -0.39 is 0 Å². The molecular formula is C17H19Cl. The van der Waals surface area contributed by atoms with Gasteiger partial charge in [-0.05, 0) is 37.3 Å². The molecule has 2 rings (SSSR count). The number of alkyl halides is 1. The maximum Gasteiger partial charge on any atom is 0.0379 e. The van der Waals surface area contributed by atoms with Gasteiger partial charge < -0.3 is 0 Å². The zero-order valence-electron chi connectivity index (χ0n) is 10.8. The minimum Gasteiger partial charge on any atom is -0.123 e. The molecule has 0 fully saturated rings. The van der Waals surface area contributed by atoms with Gasteiger partial charge in [0.1, 0.15) is 0 Å². The Kier molecular flexibility index (Phi) is 4.83. The fraction of sp³-hybridized carbons (Fsp3) is 0.294. The van der Waals surface area contributed by atoms with Crippen LogP contribution in [0.25, 0.3) is 0 Å². The Labute approximate surface area is 115 Å². The first-order chi connectivity index (χ1) is 8.74. The summed E-state index contributed by atoms with van der Waals surface area (Å²) in [5, 5.41) is 0.216. The second-order valence-corrected chi connectivity index (χ2v) is 5.43. The summed E-state index contributed by atoms with van der Waals surface area (Å²) < 4.78 is 0. The van der Waals surface area contributed by atoms with Gasteiger partial charge in [0.2, 0.25) is 0 Å². The lowest BCUT2D eigenvalue weighted by atomic mass is 10.0. The van der Waals surface area contributed by atoms with Crippen molar-refractivity contribution in [1.29, 1.82) is 0 Å². The van der Waals surface area contributed by atoms with Gasteiger partial charge in [0.15, 0.2) is 0 Å².